The van der Waals surface area contributed by atoms with Gasteiger partial charge < -0.3 is 10.2 Å². The molecule has 0 unspecified atom stereocenters. The summed E-state index contributed by atoms with van der Waals surface area (Å²) in [4.78, 5) is 27.9. The molecule has 0 saturated heterocycles. The summed E-state index contributed by atoms with van der Waals surface area (Å²) in [5.41, 5.74) is 3.05. The van der Waals surface area contributed by atoms with Crippen LogP contribution >= 0.6 is 23.2 Å². The van der Waals surface area contributed by atoms with E-state index in [-0.39, 0.29) is 24.4 Å². The van der Waals surface area contributed by atoms with Crippen LogP contribution in [-0.4, -0.2) is 28.8 Å². The molecule has 0 aliphatic carbocycles. The Bertz CT molecular complexity index is 884. The summed E-state index contributed by atoms with van der Waals surface area (Å²) >= 11 is 12.4. The minimum absolute atomic E-state index is 0.0465. The molecule has 2 aromatic rings. The first kappa shape index (κ1) is 25.2. The Labute approximate surface area is 195 Å². The van der Waals surface area contributed by atoms with Gasteiger partial charge in [0, 0.05) is 29.1 Å². The summed E-state index contributed by atoms with van der Waals surface area (Å²) in [7, 11) is 0. The third kappa shape index (κ3) is 7.55. The summed E-state index contributed by atoms with van der Waals surface area (Å²) in [6.07, 6.45) is 2.28. The van der Waals surface area contributed by atoms with Crippen molar-refractivity contribution < 1.29 is 9.59 Å². The summed E-state index contributed by atoms with van der Waals surface area (Å²) in [5, 5.41) is 4.04. The Morgan fingerprint density at radius 2 is 1.71 bits per heavy atom. The van der Waals surface area contributed by atoms with Crippen molar-refractivity contribution in [1.29, 1.82) is 0 Å². The molecule has 4 nitrogen and oxygen atoms in total. The average molecular weight is 463 g/mol. The van der Waals surface area contributed by atoms with Crippen LogP contribution in [0.5, 0.6) is 0 Å². The maximum Gasteiger partial charge on any atom is 0.243 e. The highest BCUT2D eigenvalue weighted by Crippen LogP contribution is 2.24. The lowest BCUT2D eigenvalue weighted by Crippen LogP contribution is -2.50. The van der Waals surface area contributed by atoms with E-state index >= 15 is 0 Å². The van der Waals surface area contributed by atoms with Crippen LogP contribution in [-0.2, 0) is 22.6 Å². The summed E-state index contributed by atoms with van der Waals surface area (Å²) in [6.45, 7) is 8.20. The minimum atomic E-state index is -0.564. The van der Waals surface area contributed by atoms with Crippen LogP contribution in [0.1, 0.15) is 56.7 Å². The molecule has 31 heavy (non-hydrogen) atoms. The molecule has 0 fully saturated rings. The molecule has 0 spiro atoms. The first-order valence-electron chi connectivity index (χ1n) is 10.8. The largest absolute Gasteiger partial charge is 0.352 e. The number of halogens is 2. The van der Waals surface area contributed by atoms with Crippen molar-refractivity contribution in [2.75, 3.05) is 0 Å². The van der Waals surface area contributed by atoms with Gasteiger partial charge in [-0.3, -0.25) is 9.59 Å². The molecule has 0 aliphatic heterocycles. The van der Waals surface area contributed by atoms with Gasteiger partial charge in [-0.15, -0.1) is 0 Å². The van der Waals surface area contributed by atoms with Crippen molar-refractivity contribution in [3.8, 4) is 0 Å². The number of hydrogen-bond acceptors (Lipinski definition) is 2. The first-order chi connectivity index (χ1) is 14.7. The SMILES string of the molecule is CC[C@H](C(=O)N[C@@H](C)CC)N(Cc1ccc(Cl)cc1Cl)C(=O)CCc1ccc(C)cc1. The quantitative estimate of drug-likeness (QED) is 0.473. The van der Waals surface area contributed by atoms with Gasteiger partial charge in [0.25, 0.3) is 0 Å². The zero-order valence-corrected chi connectivity index (χ0v) is 20.3. The second-order valence-corrected chi connectivity index (χ2v) is 8.83. The molecule has 0 saturated carbocycles. The third-order valence-electron chi connectivity index (χ3n) is 5.49. The Kier molecular flexibility index (Phi) is 9.86. The van der Waals surface area contributed by atoms with Gasteiger partial charge in [0.1, 0.15) is 6.04 Å². The molecule has 2 aromatic carbocycles. The lowest BCUT2D eigenvalue weighted by molar-refractivity contribution is -0.141. The fourth-order valence-corrected chi connectivity index (χ4v) is 3.81. The van der Waals surface area contributed by atoms with E-state index in [1.807, 2.05) is 58.0 Å². The van der Waals surface area contributed by atoms with Crippen molar-refractivity contribution in [3.63, 3.8) is 0 Å². The molecule has 6 heteroatoms. The number of nitrogens with zero attached hydrogens (tertiary/aromatic N) is 1. The highest BCUT2D eigenvalue weighted by atomic mass is 35.5. The predicted octanol–water partition coefficient (Wildman–Crippen LogP) is 5.96. The van der Waals surface area contributed by atoms with Crippen molar-refractivity contribution in [2.45, 2.75) is 72.0 Å². The van der Waals surface area contributed by atoms with Crippen molar-refractivity contribution >= 4 is 35.0 Å². The average Bonchev–Trinajstić information content (AvgIpc) is 2.74. The zero-order valence-electron chi connectivity index (χ0n) is 18.8. The van der Waals surface area contributed by atoms with E-state index in [0.717, 1.165) is 17.5 Å². The van der Waals surface area contributed by atoms with Crippen LogP contribution in [0.3, 0.4) is 0 Å². The Balaban J connectivity index is 2.24. The van der Waals surface area contributed by atoms with Gasteiger partial charge in [-0.25, -0.2) is 0 Å². The van der Waals surface area contributed by atoms with Crippen LogP contribution in [0.2, 0.25) is 10.0 Å². The molecule has 2 amide bonds. The van der Waals surface area contributed by atoms with Gasteiger partial charge in [-0.05, 0) is 56.4 Å². The number of amides is 2. The fourth-order valence-electron chi connectivity index (χ4n) is 3.34. The first-order valence-corrected chi connectivity index (χ1v) is 11.6. The summed E-state index contributed by atoms with van der Waals surface area (Å²) in [5.74, 6) is -0.205. The molecule has 0 radical (unpaired) electrons. The maximum absolute atomic E-state index is 13.3. The molecule has 0 aromatic heterocycles. The number of aryl methyl sites for hydroxylation is 2. The number of hydrogen-bond donors (Lipinski definition) is 1. The number of rotatable bonds is 10. The smallest absolute Gasteiger partial charge is 0.243 e. The van der Waals surface area contributed by atoms with Crippen LogP contribution in [0, 0.1) is 6.92 Å². The van der Waals surface area contributed by atoms with E-state index in [1.54, 1.807) is 17.0 Å². The molecule has 0 bridgehead atoms. The molecule has 2 rings (SSSR count). The molecule has 0 heterocycles. The normalized spacial score (nSPS) is 12.8. The lowest BCUT2D eigenvalue weighted by Gasteiger charge is -2.32. The highest BCUT2D eigenvalue weighted by Gasteiger charge is 2.29. The molecule has 2 atom stereocenters. The van der Waals surface area contributed by atoms with Gasteiger partial charge >= 0.3 is 0 Å². The number of carbonyl (C=O) groups is 2. The fraction of sp³-hybridized carbons (Fsp3) is 0.440. The summed E-state index contributed by atoms with van der Waals surface area (Å²) < 4.78 is 0. The predicted molar refractivity (Wildman–Crippen MR) is 128 cm³/mol. The van der Waals surface area contributed by atoms with E-state index in [2.05, 4.69) is 5.32 Å². The van der Waals surface area contributed by atoms with Crippen LogP contribution in [0.15, 0.2) is 42.5 Å². The van der Waals surface area contributed by atoms with E-state index in [4.69, 9.17) is 23.2 Å². The monoisotopic (exact) mass is 462 g/mol. The highest BCUT2D eigenvalue weighted by molar-refractivity contribution is 6.35. The van der Waals surface area contributed by atoms with Gasteiger partial charge in [-0.2, -0.15) is 0 Å². The Morgan fingerprint density at radius 1 is 1.03 bits per heavy atom. The third-order valence-corrected chi connectivity index (χ3v) is 6.08. The molecule has 0 aliphatic rings. The molecule has 168 valence electrons. The van der Waals surface area contributed by atoms with Crippen molar-refractivity contribution in [1.82, 2.24) is 10.2 Å². The number of carbonyl (C=O) groups excluding carboxylic acids is 2. The van der Waals surface area contributed by atoms with Crippen molar-refractivity contribution in [3.05, 3.63) is 69.2 Å². The minimum Gasteiger partial charge on any atom is -0.352 e. The van der Waals surface area contributed by atoms with E-state index < -0.39 is 6.04 Å². The molecular weight excluding hydrogens is 431 g/mol. The second kappa shape index (κ2) is 12.1. The van der Waals surface area contributed by atoms with Gasteiger partial charge in [0.2, 0.25) is 11.8 Å². The van der Waals surface area contributed by atoms with E-state index in [0.29, 0.717) is 29.3 Å². The van der Waals surface area contributed by atoms with Gasteiger partial charge in [0.15, 0.2) is 0 Å². The Morgan fingerprint density at radius 3 is 2.29 bits per heavy atom. The van der Waals surface area contributed by atoms with E-state index in [1.165, 1.54) is 5.56 Å². The van der Waals surface area contributed by atoms with E-state index in [9.17, 15) is 9.59 Å². The standard InChI is InChI=1S/C25H32Cl2N2O2/c1-5-18(4)28-25(31)23(6-2)29(16-20-12-13-21(26)15-22(20)27)24(30)14-11-19-9-7-17(3)8-10-19/h7-10,12-13,15,18,23H,5-6,11,14,16H2,1-4H3,(H,28,31)/t18-,23+/m0/s1. The van der Waals surface area contributed by atoms with Crippen LogP contribution < -0.4 is 5.32 Å². The van der Waals surface area contributed by atoms with Crippen molar-refractivity contribution in [2.24, 2.45) is 0 Å². The topological polar surface area (TPSA) is 49.4 Å². The molecule has 1 N–H and O–H groups in total. The molecular formula is C25H32Cl2N2O2. The van der Waals surface area contributed by atoms with Crippen LogP contribution in [0.25, 0.3) is 0 Å². The van der Waals surface area contributed by atoms with Gasteiger partial charge in [0.05, 0.1) is 0 Å². The Hall–Kier alpha value is -2.04. The zero-order chi connectivity index (χ0) is 23.0. The number of nitrogens with one attached hydrogen (secondary N) is 1. The summed E-state index contributed by atoms with van der Waals surface area (Å²) in [6, 6.07) is 12.9. The number of benzene rings is 2. The second-order valence-electron chi connectivity index (χ2n) is 7.98. The van der Waals surface area contributed by atoms with Crippen LogP contribution in [0.4, 0.5) is 0 Å². The maximum atomic E-state index is 13.3. The lowest BCUT2D eigenvalue weighted by atomic mass is 10.0. The van der Waals surface area contributed by atoms with Gasteiger partial charge in [-0.1, -0.05) is 72.9 Å².